The third-order valence-electron chi connectivity index (χ3n) is 2.29. The van der Waals surface area contributed by atoms with Gasteiger partial charge in [-0.2, -0.15) is 8.42 Å². The predicted molar refractivity (Wildman–Crippen MR) is 52.3 cm³/mol. The number of pyridine rings is 1. The van der Waals surface area contributed by atoms with E-state index in [-0.39, 0.29) is 13.0 Å². The number of carbonyl (C=O) groups is 1. The summed E-state index contributed by atoms with van der Waals surface area (Å²) in [7, 11) is -4.12. The largest absolute Gasteiger partial charge is 0.286 e. The number of hydrogen-bond donors (Lipinski definition) is 0. The number of hydrogen-bond acceptors (Lipinski definition) is 4. The van der Waals surface area contributed by atoms with Crippen molar-refractivity contribution in [1.82, 2.24) is 9.29 Å². The summed E-state index contributed by atoms with van der Waals surface area (Å²) in [6.07, 6.45) is 1.82. The molecule has 86 valence electrons. The fourth-order valence-corrected chi connectivity index (χ4v) is 2.99. The minimum atomic E-state index is -4.12. The Kier molecular flexibility index (Phi) is 2.63. The van der Waals surface area contributed by atoms with E-state index >= 15 is 0 Å². The summed E-state index contributed by atoms with van der Waals surface area (Å²) in [6.45, 7) is 0.0944. The number of aromatic nitrogens is 1. The second-order valence-corrected chi connectivity index (χ2v) is 5.14. The van der Waals surface area contributed by atoms with Crippen LogP contribution in [-0.2, 0) is 14.8 Å². The molecule has 2 heterocycles. The van der Waals surface area contributed by atoms with Crippen LogP contribution in [0, 0.1) is 5.82 Å². The molecule has 16 heavy (non-hydrogen) atoms. The van der Waals surface area contributed by atoms with Gasteiger partial charge in [-0.05, 0) is 18.6 Å². The zero-order chi connectivity index (χ0) is 11.8. The third kappa shape index (κ3) is 1.67. The average Bonchev–Trinajstić information content (AvgIpc) is 2.65. The third-order valence-corrected chi connectivity index (χ3v) is 4.04. The molecule has 0 aliphatic carbocycles. The van der Waals surface area contributed by atoms with Crippen LogP contribution in [0.1, 0.15) is 12.8 Å². The van der Waals surface area contributed by atoms with E-state index in [2.05, 4.69) is 4.98 Å². The maximum Gasteiger partial charge on any atom is 0.286 e. The summed E-state index contributed by atoms with van der Waals surface area (Å²) in [5.41, 5.74) is 0. The van der Waals surface area contributed by atoms with Gasteiger partial charge in [0, 0.05) is 19.2 Å². The summed E-state index contributed by atoms with van der Waals surface area (Å²) in [5.74, 6) is -1.45. The highest BCUT2D eigenvalue weighted by Crippen LogP contribution is 2.21. The Labute approximate surface area is 92.0 Å². The summed E-state index contributed by atoms with van der Waals surface area (Å²) >= 11 is 0. The second kappa shape index (κ2) is 3.82. The predicted octanol–water partition coefficient (Wildman–Crippen LogP) is 0.532. The number of nitrogens with zero attached hydrogens (tertiary/aromatic N) is 2. The summed E-state index contributed by atoms with van der Waals surface area (Å²) in [4.78, 5) is 14.8. The van der Waals surface area contributed by atoms with E-state index in [1.807, 2.05) is 0 Å². The molecule has 0 radical (unpaired) electrons. The molecule has 1 fully saturated rings. The van der Waals surface area contributed by atoms with Crippen molar-refractivity contribution in [2.24, 2.45) is 0 Å². The molecule has 0 spiro atoms. The molecule has 2 rings (SSSR count). The Bertz CT molecular complexity index is 529. The Balaban J connectivity index is 2.47. The van der Waals surface area contributed by atoms with E-state index in [1.54, 1.807) is 0 Å². The summed E-state index contributed by atoms with van der Waals surface area (Å²) < 4.78 is 37.7. The van der Waals surface area contributed by atoms with Crippen LogP contribution in [0.3, 0.4) is 0 Å². The second-order valence-electron chi connectivity index (χ2n) is 3.36. The maximum atomic E-state index is 13.3. The molecule has 0 bridgehead atoms. The highest BCUT2D eigenvalue weighted by Gasteiger charge is 2.35. The lowest BCUT2D eigenvalue weighted by Crippen LogP contribution is -2.33. The lowest BCUT2D eigenvalue weighted by atomic mass is 10.4. The lowest BCUT2D eigenvalue weighted by molar-refractivity contribution is -0.123. The van der Waals surface area contributed by atoms with Gasteiger partial charge in [0.05, 0.1) is 0 Å². The molecule has 1 saturated heterocycles. The molecule has 0 aromatic carbocycles. The van der Waals surface area contributed by atoms with Crippen molar-refractivity contribution in [3.05, 3.63) is 24.1 Å². The molecule has 0 N–H and O–H groups in total. The van der Waals surface area contributed by atoms with E-state index in [0.29, 0.717) is 10.7 Å². The van der Waals surface area contributed by atoms with Crippen molar-refractivity contribution in [1.29, 1.82) is 0 Å². The summed E-state index contributed by atoms with van der Waals surface area (Å²) in [6, 6.07) is 2.29. The molecule has 5 nitrogen and oxygen atoms in total. The SMILES string of the molecule is O=C1CCCN1S(=O)(=O)c1ncccc1F. The van der Waals surface area contributed by atoms with Crippen molar-refractivity contribution < 1.29 is 17.6 Å². The van der Waals surface area contributed by atoms with Crippen LogP contribution in [-0.4, -0.2) is 30.2 Å². The topological polar surface area (TPSA) is 67.3 Å². The van der Waals surface area contributed by atoms with E-state index in [4.69, 9.17) is 0 Å². The lowest BCUT2D eigenvalue weighted by Gasteiger charge is -2.15. The fraction of sp³-hybridized carbons (Fsp3) is 0.333. The molecule has 1 aromatic heterocycles. The first kappa shape index (κ1) is 11.0. The number of sulfonamides is 1. The number of rotatable bonds is 2. The van der Waals surface area contributed by atoms with Crippen molar-refractivity contribution in [2.75, 3.05) is 6.54 Å². The van der Waals surface area contributed by atoms with Crippen LogP contribution in [0.4, 0.5) is 4.39 Å². The molecular formula is C9H9FN2O3S. The van der Waals surface area contributed by atoms with Crippen LogP contribution in [0.25, 0.3) is 0 Å². The average molecular weight is 244 g/mol. The molecule has 7 heteroatoms. The molecular weight excluding hydrogens is 235 g/mol. The smallest absolute Gasteiger partial charge is 0.274 e. The number of amides is 1. The Morgan fingerprint density at radius 1 is 1.44 bits per heavy atom. The van der Waals surface area contributed by atoms with E-state index in [1.165, 1.54) is 12.3 Å². The zero-order valence-electron chi connectivity index (χ0n) is 8.26. The molecule has 0 unspecified atom stereocenters. The van der Waals surface area contributed by atoms with Crippen molar-refractivity contribution in [3.63, 3.8) is 0 Å². The fourth-order valence-electron chi connectivity index (χ4n) is 1.54. The van der Waals surface area contributed by atoms with Crippen LogP contribution in [0.5, 0.6) is 0 Å². The van der Waals surface area contributed by atoms with Gasteiger partial charge in [-0.25, -0.2) is 13.7 Å². The van der Waals surface area contributed by atoms with Crippen LogP contribution in [0.15, 0.2) is 23.4 Å². The molecule has 1 aromatic rings. The first-order chi connectivity index (χ1) is 7.53. The van der Waals surface area contributed by atoms with E-state index in [9.17, 15) is 17.6 Å². The Morgan fingerprint density at radius 2 is 2.19 bits per heavy atom. The van der Waals surface area contributed by atoms with Crippen LogP contribution >= 0.6 is 0 Å². The monoisotopic (exact) mass is 244 g/mol. The van der Waals surface area contributed by atoms with Gasteiger partial charge < -0.3 is 0 Å². The Hall–Kier alpha value is -1.50. The summed E-state index contributed by atoms with van der Waals surface area (Å²) in [5, 5.41) is -0.690. The van der Waals surface area contributed by atoms with Gasteiger partial charge in [-0.1, -0.05) is 0 Å². The van der Waals surface area contributed by atoms with Gasteiger partial charge in [-0.15, -0.1) is 0 Å². The van der Waals surface area contributed by atoms with Crippen LogP contribution in [0.2, 0.25) is 0 Å². The first-order valence-corrected chi connectivity index (χ1v) is 6.13. The molecule has 0 atom stereocenters. The van der Waals surface area contributed by atoms with Gasteiger partial charge in [0.25, 0.3) is 10.0 Å². The first-order valence-electron chi connectivity index (χ1n) is 4.69. The van der Waals surface area contributed by atoms with Gasteiger partial charge in [0.15, 0.2) is 5.82 Å². The molecule has 1 aliphatic rings. The molecule has 1 amide bonds. The van der Waals surface area contributed by atoms with Gasteiger partial charge >= 0.3 is 0 Å². The zero-order valence-corrected chi connectivity index (χ0v) is 9.08. The molecule has 0 saturated carbocycles. The van der Waals surface area contributed by atoms with Gasteiger partial charge in [-0.3, -0.25) is 4.79 Å². The quantitative estimate of drug-likeness (QED) is 0.761. The maximum absolute atomic E-state index is 13.3. The highest BCUT2D eigenvalue weighted by molar-refractivity contribution is 7.89. The van der Waals surface area contributed by atoms with E-state index in [0.717, 1.165) is 6.07 Å². The van der Waals surface area contributed by atoms with Crippen molar-refractivity contribution in [2.45, 2.75) is 17.9 Å². The minimum absolute atomic E-state index is 0.0944. The normalized spacial score (nSPS) is 16.8. The standard InChI is InChI=1S/C9H9FN2O3S/c10-7-3-1-5-11-9(7)16(14,15)12-6-2-4-8(12)13/h1,3,5H,2,4,6H2. The highest BCUT2D eigenvalue weighted by atomic mass is 32.2. The molecule has 1 aliphatic heterocycles. The Morgan fingerprint density at radius 3 is 2.75 bits per heavy atom. The van der Waals surface area contributed by atoms with Crippen LogP contribution < -0.4 is 0 Å². The van der Waals surface area contributed by atoms with E-state index < -0.39 is 26.8 Å². The van der Waals surface area contributed by atoms with Crippen molar-refractivity contribution in [3.8, 4) is 0 Å². The number of halogens is 1. The van der Waals surface area contributed by atoms with Crippen molar-refractivity contribution >= 4 is 15.9 Å². The van der Waals surface area contributed by atoms with Gasteiger partial charge in [0.2, 0.25) is 10.9 Å². The number of carbonyl (C=O) groups excluding carboxylic acids is 1. The van der Waals surface area contributed by atoms with Gasteiger partial charge in [0.1, 0.15) is 0 Å². The minimum Gasteiger partial charge on any atom is -0.274 e.